The normalized spacial score (nSPS) is 10.5. The smallest absolute Gasteiger partial charge is 0.357 e. The van der Waals surface area contributed by atoms with Crippen molar-refractivity contribution in [1.29, 1.82) is 0 Å². The van der Waals surface area contributed by atoms with Crippen LogP contribution in [-0.2, 0) is 9.47 Å². The maximum absolute atomic E-state index is 14.6. The Bertz CT molecular complexity index is 1080. The third-order valence-corrected chi connectivity index (χ3v) is 4.78. The van der Waals surface area contributed by atoms with Crippen LogP contribution in [0.3, 0.4) is 0 Å². The molecule has 0 atom stereocenters. The lowest BCUT2D eigenvalue weighted by Crippen LogP contribution is -2.15. The Kier molecular flexibility index (Phi) is 5.97. The third kappa shape index (κ3) is 3.61. The number of aromatic nitrogens is 2. The lowest BCUT2D eigenvalue weighted by molar-refractivity contribution is 0.0549. The minimum absolute atomic E-state index is 0.0179. The summed E-state index contributed by atoms with van der Waals surface area (Å²) >= 11 is 3.10. The van der Waals surface area contributed by atoms with Gasteiger partial charge in [0.05, 0.1) is 31.5 Å². The standard InChI is InChI=1S/C20H16BrFN2O5/c1-27-18-12(9-10-13(21)15(18)22)16-14(19(25)28-2)17(20(26)29-3)24(23-16)11-7-5-4-6-8-11/h4-10H,1-3H3. The fourth-order valence-corrected chi connectivity index (χ4v) is 3.17. The Morgan fingerprint density at radius 3 is 2.24 bits per heavy atom. The molecule has 1 aromatic heterocycles. The molecule has 29 heavy (non-hydrogen) atoms. The number of rotatable bonds is 5. The number of ether oxygens (including phenoxy) is 3. The zero-order chi connectivity index (χ0) is 21.1. The van der Waals surface area contributed by atoms with E-state index in [0.29, 0.717) is 5.69 Å². The first kappa shape index (κ1) is 20.5. The quantitative estimate of drug-likeness (QED) is 0.532. The van der Waals surface area contributed by atoms with Crippen LogP contribution in [0.4, 0.5) is 4.39 Å². The SMILES string of the molecule is COC(=O)c1c(-c2ccc(Br)c(F)c2OC)nn(-c2ccccc2)c1C(=O)OC. The van der Waals surface area contributed by atoms with Gasteiger partial charge in [-0.1, -0.05) is 18.2 Å². The lowest BCUT2D eigenvalue weighted by atomic mass is 10.0. The summed E-state index contributed by atoms with van der Waals surface area (Å²) in [6, 6.07) is 11.7. The number of para-hydroxylation sites is 1. The number of halogens is 2. The molecule has 0 unspecified atom stereocenters. The molecule has 7 nitrogen and oxygen atoms in total. The van der Waals surface area contributed by atoms with Gasteiger partial charge in [-0.2, -0.15) is 5.10 Å². The molecule has 1 heterocycles. The van der Waals surface area contributed by atoms with Crippen LogP contribution in [-0.4, -0.2) is 43.0 Å². The summed E-state index contributed by atoms with van der Waals surface area (Å²) in [5.41, 5.74) is 0.382. The Labute approximate surface area is 174 Å². The van der Waals surface area contributed by atoms with Crippen molar-refractivity contribution in [2.75, 3.05) is 21.3 Å². The first-order valence-electron chi connectivity index (χ1n) is 8.32. The highest BCUT2D eigenvalue weighted by atomic mass is 79.9. The van der Waals surface area contributed by atoms with Crippen LogP contribution in [0.25, 0.3) is 16.9 Å². The second kappa shape index (κ2) is 8.44. The van der Waals surface area contributed by atoms with Crippen LogP contribution in [0.1, 0.15) is 20.8 Å². The summed E-state index contributed by atoms with van der Waals surface area (Å²) < 4.78 is 31.0. The molecule has 0 spiro atoms. The fraction of sp³-hybridized carbons (Fsp3) is 0.150. The van der Waals surface area contributed by atoms with E-state index < -0.39 is 17.8 Å². The number of esters is 2. The topological polar surface area (TPSA) is 79.7 Å². The predicted molar refractivity (Wildman–Crippen MR) is 106 cm³/mol. The van der Waals surface area contributed by atoms with Crippen molar-refractivity contribution in [3.63, 3.8) is 0 Å². The van der Waals surface area contributed by atoms with Gasteiger partial charge in [0.1, 0.15) is 11.3 Å². The van der Waals surface area contributed by atoms with Gasteiger partial charge in [-0.25, -0.2) is 18.7 Å². The molecule has 9 heteroatoms. The number of methoxy groups -OCH3 is 3. The van der Waals surface area contributed by atoms with Gasteiger partial charge in [0.25, 0.3) is 0 Å². The van der Waals surface area contributed by atoms with E-state index in [1.807, 2.05) is 0 Å². The Hall–Kier alpha value is -3.20. The van der Waals surface area contributed by atoms with Gasteiger partial charge in [0.2, 0.25) is 0 Å². The summed E-state index contributed by atoms with van der Waals surface area (Å²) in [7, 11) is 3.65. The fourth-order valence-electron chi connectivity index (χ4n) is 2.86. The zero-order valence-corrected chi connectivity index (χ0v) is 17.3. The molecule has 150 valence electrons. The summed E-state index contributed by atoms with van der Waals surface area (Å²) in [6.07, 6.45) is 0. The van der Waals surface area contributed by atoms with Gasteiger partial charge in [-0.05, 0) is 40.2 Å². The molecule has 3 rings (SSSR count). The molecule has 0 bridgehead atoms. The summed E-state index contributed by atoms with van der Waals surface area (Å²) in [5.74, 6) is -2.44. The van der Waals surface area contributed by atoms with Crippen molar-refractivity contribution in [3.05, 3.63) is 64.0 Å². The number of carbonyl (C=O) groups excluding carboxylic acids is 2. The van der Waals surface area contributed by atoms with Crippen LogP contribution in [0.5, 0.6) is 5.75 Å². The minimum atomic E-state index is -0.826. The molecule has 0 aliphatic heterocycles. The predicted octanol–water partition coefficient (Wildman–Crippen LogP) is 4.02. The molecule has 0 saturated heterocycles. The average Bonchev–Trinajstić information content (AvgIpc) is 3.15. The molecular formula is C20H16BrFN2O5. The van der Waals surface area contributed by atoms with Gasteiger partial charge < -0.3 is 14.2 Å². The Morgan fingerprint density at radius 1 is 1.00 bits per heavy atom. The summed E-state index contributed by atoms with van der Waals surface area (Å²) in [5, 5.41) is 4.42. The van der Waals surface area contributed by atoms with Crippen LogP contribution >= 0.6 is 15.9 Å². The first-order chi connectivity index (χ1) is 13.9. The van der Waals surface area contributed by atoms with Crippen LogP contribution in [0.2, 0.25) is 0 Å². The number of benzene rings is 2. The van der Waals surface area contributed by atoms with E-state index in [1.54, 1.807) is 30.3 Å². The summed E-state index contributed by atoms with van der Waals surface area (Å²) in [4.78, 5) is 25.2. The molecule has 0 amide bonds. The molecule has 2 aromatic carbocycles. The molecule has 0 fully saturated rings. The van der Waals surface area contributed by atoms with E-state index in [-0.39, 0.29) is 32.7 Å². The zero-order valence-electron chi connectivity index (χ0n) is 15.7. The molecule has 0 N–H and O–H groups in total. The van der Waals surface area contributed by atoms with E-state index in [0.717, 1.165) is 0 Å². The second-order valence-electron chi connectivity index (χ2n) is 5.74. The minimum Gasteiger partial charge on any atom is -0.493 e. The van der Waals surface area contributed by atoms with E-state index >= 15 is 0 Å². The van der Waals surface area contributed by atoms with Crippen LogP contribution in [0, 0.1) is 5.82 Å². The van der Waals surface area contributed by atoms with Crippen molar-refractivity contribution in [1.82, 2.24) is 9.78 Å². The molecule has 0 aliphatic carbocycles. The maximum atomic E-state index is 14.6. The maximum Gasteiger partial charge on any atom is 0.357 e. The van der Waals surface area contributed by atoms with E-state index in [9.17, 15) is 14.0 Å². The lowest BCUT2D eigenvalue weighted by Gasteiger charge is -2.10. The van der Waals surface area contributed by atoms with Crippen molar-refractivity contribution >= 4 is 27.9 Å². The van der Waals surface area contributed by atoms with E-state index in [4.69, 9.17) is 14.2 Å². The van der Waals surface area contributed by atoms with Crippen molar-refractivity contribution < 1.29 is 28.2 Å². The molecular weight excluding hydrogens is 447 g/mol. The van der Waals surface area contributed by atoms with Crippen molar-refractivity contribution in [3.8, 4) is 22.7 Å². The monoisotopic (exact) mass is 462 g/mol. The summed E-state index contributed by atoms with van der Waals surface area (Å²) in [6.45, 7) is 0. The van der Waals surface area contributed by atoms with Gasteiger partial charge in [0.15, 0.2) is 17.3 Å². The van der Waals surface area contributed by atoms with Gasteiger partial charge >= 0.3 is 11.9 Å². The van der Waals surface area contributed by atoms with Crippen LogP contribution < -0.4 is 4.74 Å². The van der Waals surface area contributed by atoms with Crippen molar-refractivity contribution in [2.24, 2.45) is 0 Å². The number of nitrogens with zero attached hydrogens (tertiary/aromatic N) is 2. The first-order valence-corrected chi connectivity index (χ1v) is 9.11. The molecule has 0 saturated carbocycles. The van der Waals surface area contributed by atoms with Crippen LogP contribution in [0.15, 0.2) is 46.9 Å². The van der Waals surface area contributed by atoms with Gasteiger partial charge in [-0.15, -0.1) is 0 Å². The van der Waals surface area contributed by atoms with Gasteiger partial charge in [-0.3, -0.25) is 0 Å². The Balaban J connectivity index is 2.42. The highest BCUT2D eigenvalue weighted by molar-refractivity contribution is 9.10. The number of hydrogen-bond acceptors (Lipinski definition) is 6. The number of hydrogen-bond donors (Lipinski definition) is 0. The highest BCUT2D eigenvalue weighted by Crippen LogP contribution is 2.38. The molecule has 0 radical (unpaired) electrons. The number of carbonyl (C=O) groups is 2. The van der Waals surface area contributed by atoms with Crippen molar-refractivity contribution in [2.45, 2.75) is 0 Å². The average molecular weight is 463 g/mol. The molecule has 3 aromatic rings. The molecule has 0 aliphatic rings. The second-order valence-corrected chi connectivity index (χ2v) is 6.60. The van der Waals surface area contributed by atoms with E-state index in [2.05, 4.69) is 21.0 Å². The highest BCUT2D eigenvalue weighted by Gasteiger charge is 2.33. The largest absolute Gasteiger partial charge is 0.493 e. The third-order valence-electron chi connectivity index (χ3n) is 4.16. The Morgan fingerprint density at radius 2 is 1.66 bits per heavy atom. The van der Waals surface area contributed by atoms with Gasteiger partial charge in [0, 0.05) is 5.56 Å². The van der Waals surface area contributed by atoms with E-state index in [1.165, 1.54) is 38.1 Å².